The lowest BCUT2D eigenvalue weighted by molar-refractivity contribution is -0.129. The molecule has 0 radical (unpaired) electrons. The predicted octanol–water partition coefficient (Wildman–Crippen LogP) is 3.43. The topological polar surface area (TPSA) is 20.3 Å². The van der Waals surface area contributed by atoms with Crippen LogP contribution in [0.4, 0.5) is 0 Å². The summed E-state index contributed by atoms with van der Waals surface area (Å²) in [5, 5.41) is 0. The second-order valence-electron chi connectivity index (χ2n) is 3.58. The number of hydrogen-bond acceptors (Lipinski definition) is 1. The summed E-state index contributed by atoms with van der Waals surface area (Å²) in [6, 6.07) is 7.97. The maximum atomic E-state index is 11.6. The second-order valence-corrected chi connectivity index (χ2v) is 4.76. The van der Waals surface area contributed by atoms with Gasteiger partial charge in [0.25, 0.3) is 0 Å². The zero-order valence-corrected chi connectivity index (χ0v) is 11.6. The van der Waals surface area contributed by atoms with E-state index >= 15 is 0 Å². The van der Waals surface area contributed by atoms with Crippen LogP contribution in [0.3, 0.4) is 0 Å². The minimum atomic E-state index is -0.00793. The Hall–Kier alpha value is -0.540. The van der Waals surface area contributed by atoms with Gasteiger partial charge in [-0.05, 0) is 24.1 Å². The molecule has 0 aliphatic heterocycles. The van der Waals surface area contributed by atoms with Crippen LogP contribution in [0.2, 0.25) is 0 Å². The normalized spacial score (nSPS) is 10.2. The number of halogens is 2. The highest BCUT2D eigenvalue weighted by Gasteiger charge is 2.11. The van der Waals surface area contributed by atoms with E-state index in [1.54, 1.807) is 4.90 Å². The van der Waals surface area contributed by atoms with Crippen LogP contribution in [-0.2, 0) is 11.3 Å². The summed E-state index contributed by atoms with van der Waals surface area (Å²) in [5.74, 6) is 0.0442. The van der Waals surface area contributed by atoms with E-state index in [-0.39, 0.29) is 11.8 Å². The van der Waals surface area contributed by atoms with E-state index in [2.05, 4.69) is 22.9 Å². The van der Waals surface area contributed by atoms with Crippen molar-refractivity contribution < 1.29 is 4.79 Å². The summed E-state index contributed by atoms with van der Waals surface area (Å²) in [6.07, 6.45) is 0.944. The number of alkyl halides is 1. The van der Waals surface area contributed by atoms with E-state index in [4.69, 9.17) is 11.6 Å². The molecule has 1 amide bonds. The molecule has 0 heterocycles. The largest absolute Gasteiger partial charge is 0.337 e. The third-order valence-electron chi connectivity index (χ3n) is 2.25. The molecule has 0 aliphatic carbocycles. The van der Waals surface area contributed by atoms with Gasteiger partial charge in [-0.2, -0.15) is 0 Å². The number of carbonyl (C=O) groups is 1. The van der Waals surface area contributed by atoms with Crippen LogP contribution in [-0.4, -0.2) is 23.2 Å². The SMILES string of the molecule is CCCN(Cc1ccc(Br)cc1)C(=O)CCl. The van der Waals surface area contributed by atoms with Gasteiger partial charge in [-0.3, -0.25) is 4.79 Å². The van der Waals surface area contributed by atoms with Crippen molar-refractivity contribution in [2.45, 2.75) is 19.9 Å². The van der Waals surface area contributed by atoms with Gasteiger partial charge in [-0.25, -0.2) is 0 Å². The summed E-state index contributed by atoms with van der Waals surface area (Å²) in [4.78, 5) is 13.3. The molecular weight excluding hydrogens is 289 g/mol. The van der Waals surface area contributed by atoms with Crippen LogP contribution in [0.1, 0.15) is 18.9 Å². The van der Waals surface area contributed by atoms with Gasteiger partial charge in [-0.1, -0.05) is 35.0 Å². The van der Waals surface area contributed by atoms with Gasteiger partial charge >= 0.3 is 0 Å². The van der Waals surface area contributed by atoms with Crippen molar-refractivity contribution in [3.8, 4) is 0 Å². The van der Waals surface area contributed by atoms with Gasteiger partial charge < -0.3 is 4.90 Å². The van der Waals surface area contributed by atoms with Gasteiger partial charge in [0.15, 0.2) is 0 Å². The number of carbonyl (C=O) groups excluding carboxylic acids is 1. The molecule has 0 bridgehead atoms. The molecule has 1 aromatic rings. The van der Waals surface area contributed by atoms with Crippen molar-refractivity contribution in [3.63, 3.8) is 0 Å². The third kappa shape index (κ3) is 4.14. The molecule has 0 atom stereocenters. The Balaban J connectivity index is 2.67. The fourth-order valence-electron chi connectivity index (χ4n) is 1.46. The molecule has 88 valence electrons. The number of rotatable bonds is 5. The van der Waals surface area contributed by atoms with Gasteiger partial charge in [0, 0.05) is 17.6 Å². The Morgan fingerprint density at radius 2 is 2.00 bits per heavy atom. The predicted molar refractivity (Wildman–Crippen MR) is 70.6 cm³/mol. The molecule has 16 heavy (non-hydrogen) atoms. The number of nitrogens with zero attached hydrogens (tertiary/aromatic N) is 1. The molecule has 0 spiro atoms. The smallest absolute Gasteiger partial charge is 0.237 e. The van der Waals surface area contributed by atoms with Crippen molar-refractivity contribution in [1.82, 2.24) is 4.90 Å². The molecule has 0 aromatic heterocycles. The first-order valence-corrected chi connectivity index (χ1v) is 6.58. The summed E-state index contributed by atoms with van der Waals surface area (Å²) in [6.45, 7) is 3.43. The fourth-order valence-corrected chi connectivity index (χ4v) is 1.89. The molecule has 1 rings (SSSR count). The van der Waals surface area contributed by atoms with Gasteiger partial charge in [0.1, 0.15) is 5.88 Å². The molecule has 0 aliphatic rings. The zero-order chi connectivity index (χ0) is 12.0. The average Bonchev–Trinajstić information content (AvgIpc) is 2.30. The summed E-state index contributed by atoms with van der Waals surface area (Å²) >= 11 is 8.96. The number of benzene rings is 1. The van der Waals surface area contributed by atoms with E-state index in [0.29, 0.717) is 6.54 Å². The van der Waals surface area contributed by atoms with Crippen molar-refractivity contribution in [1.29, 1.82) is 0 Å². The lowest BCUT2D eigenvalue weighted by Crippen LogP contribution is -2.32. The average molecular weight is 305 g/mol. The molecule has 4 heteroatoms. The van der Waals surface area contributed by atoms with E-state index in [9.17, 15) is 4.79 Å². The molecule has 0 N–H and O–H groups in total. The molecule has 1 aromatic carbocycles. The highest BCUT2D eigenvalue weighted by molar-refractivity contribution is 9.10. The quantitative estimate of drug-likeness (QED) is 0.763. The fraction of sp³-hybridized carbons (Fsp3) is 0.417. The first kappa shape index (κ1) is 13.5. The minimum absolute atomic E-state index is 0.00793. The Labute approximate surface area is 110 Å². The van der Waals surface area contributed by atoms with Crippen molar-refractivity contribution in [2.24, 2.45) is 0 Å². The van der Waals surface area contributed by atoms with E-state index < -0.39 is 0 Å². The first-order valence-electron chi connectivity index (χ1n) is 5.25. The van der Waals surface area contributed by atoms with Gasteiger partial charge in [0.2, 0.25) is 5.91 Å². The monoisotopic (exact) mass is 303 g/mol. The third-order valence-corrected chi connectivity index (χ3v) is 3.00. The minimum Gasteiger partial charge on any atom is -0.337 e. The first-order chi connectivity index (χ1) is 7.67. The Morgan fingerprint density at radius 1 is 1.38 bits per heavy atom. The van der Waals surface area contributed by atoms with Crippen LogP contribution in [0.15, 0.2) is 28.7 Å². The summed E-state index contributed by atoms with van der Waals surface area (Å²) < 4.78 is 1.04. The van der Waals surface area contributed by atoms with E-state index in [0.717, 1.165) is 23.0 Å². The van der Waals surface area contributed by atoms with Crippen molar-refractivity contribution >= 4 is 33.4 Å². The van der Waals surface area contributed by atoms with E-state index in [1.165, 1.54) is 0 Å². The molecule has 0 saturated heterocycles. The van der Waals surface area contributed by atoms with Crippen LogP contribution >= 0.6 is 27.5 Å². The Bertz CT molecular complexity index is 339. The number of hydrogen-bond donors (Lipinski definition) is 0. The second kappa shape index (κ2) is 6.92. The summed E-state index contributed by atoms with van der Waals surface area (Å²) in [7, 11) is 0. The van der Waals surface area contributed by atoms with Gasteiger partial charge in [0.05, 0.1) is 0 Å². The molecule has 2 nitrogen and oxygen atoms in total. The van der Waals surface area contributed by atoms with Crippen LogP contribution in [0.5, 0.6) is 0 Å². The Kier molecular flexibility index (Phi) is 5.85. The van der Waals surface area contributed by atoms with E-state index in [1.807, 2.05) is 24.3 Å². The van der Waals surface area contributed by atoms with Crippen LogP contribution < -0.4 is 0 Å². The Morgan fingerprint density at radius 3 is 2.50 bits per heavy atom. The maximum absolute atomic E-state index is 11.6. The van der Waals surface area contributed by atoms with Crippen LogP contribution in [0.25, 0.3) is 0 Å². The standard InChI is InChI=1S/C12H15BrClNO/c1-2-7-15(12(16)8-14)9-10-3-5-11(13)6-4-10/h3-6H,2,7-9H2,1H3. The summed E-state index contributed by atoms with van der Waals surface area (Å²) in [5.41, 5.74) is 1.12. The highest BCUT2D eigenvalue weighted by Crippen LogP contribution is 2.12. The van der Waals surface area contributed by atoms with Crippen molar-refractivity contribution in [2.75, 3.05) is 12.4 Å². The molecule has 0 unspecified atom stereocenters. The highest BCUT2D eigenvalue weighted by atomic mass is 79.9. The molecule has 0 fully saturated rings. The van der Waals surface area contributed by atoms with Gasteiger partial charge in [-0.15, -0.1) is 11.6 Å². The molecule has 0 saturated carbocycles. The van der Waals surface area contributed by atoms with Crippen molar-refractivity contribution in [3.05, 3.63) is 34.3 Å². The lowest BCUT2D eigenvalue weighted by Gasteiger charge is -2.21. The number of amides is 1. The lowest BCUT2D eigenvalue weighted by atomic mass is 10.2. The maximum Gasteiger partial charge on any atom is 0.237 e. The molecular formula is C12H15BrClNO. The zero-order valence-electron chi connectivity index (χ0n) is 9.25. The van der Waals surface area contributed by atoms with Crippen LogP contribution in [0, 0.1) is 0 Å².